The Morgan fingerprint density at radius 1 is 1.28 bits per heavy atom. The number of unbranched alkanes of at least 4 members (excludes halogenated alkanes) is 3. The smallest absolute Gasteiger partial charge is 0.133 e. The van der Waals surface area contributed by atoms with Crippen molar-refractivity contribution in [3.05, 3.63) is 35.9 Å². The summed E-state index contributed by atoms with van der Waals surface area (Å²) >= 11 is 0. The first-order chi connectivity index (χ1) is 15.3. The van der Waals surface area contributed by atoms with Gasteiger partial charge in [0, 0.05) is 36.7 Å². The molecule has 4 heteroatoms. The van der Waals surface area contributed by atoms with Gasteiger partial charge in [0.15, 0.2) is 0 Å². The van der Waals surface area contributed by atoms with Gasteiger partial charge in [0.2, 0.25) is 0 Å². The van der Waals surface area contributed by atoms with Gasteiger partial charge in [0.25, 0.3) is 0 Å². The summed E-state index contributed by atoms with van der Waals surface area (Å²) in [6.07, 6.45) is 10.8. The van der Waals surface area contributed by atoms with Crippen LogP contribution in [-0.4, -0.2) is 24.3 Å². The number of benzene rings is 1. The lowest BCUT2D eigenvalue weighted by Crippen LogP contribution is -2.49. The molecule has 0 amide bonds. The first-order valence-electron chi connectivity index (χ1n) is 12.3. The third-order valence-corrected chi connectivity index (χ3v) is 7.55. The largest absolute Gasteiger partial charge is 0.489 e. The molecule has 3 atom stereocenters. The van der Waals surface area contributed by atoms with Crippen LogP contribution in [0.25, 0.3) is 0 Å². The van der Waals surface area contributed by atoms with E-state index in [0.29, 0.717) is 25.9 Å². The fourth-order valence-corrected chi connectivity index (χ4v) is 5.57. The quantitative estimate of drug-likeness (QED) is 0.218. The van der Waals surface area contributed by atoms with Crippen molar-refractivity contribution in [2.24, 2.45) is 5.92 Å². The van der Waals surface area contributed by atoms with Crippen molar-refractivity contribution in [2.45, 2.75) is 102 Å². The second kappa shape index (κ2) is 10.2. The van der Waals surface area contributed by atoms with Crippen molar-refractivity contribution in [3.63, 3.8) is 0 Å². The van der Waals surface area contributed by atoms with Gasteiger partial charge in [-0.1, -0.05) is 59.1 Å². The Morgan fingerprint density at radius 3 is 2.75 bits per heavy atom. The molecule has 1 heterocycles. The summed E-state index contributed by atoms with van der Waals surface area (Å²) in [7, 11) is 0. The van der Waals surface area contributed by atoms with Crippen LogP contribution in [0.3, 0.4) is 0 Å². The maximum atomic E-state index is 12.5. The van der Waals surface area contributed by atoms with E-state index in [2.05, 4.69) is 39.5 Å². The Bertz CT molecular complexity index is 840. The Kier molecular flexibility index (Phi) is 7.84. The average molecular weight is 441 g/mol. The Hall–Kier alpha value is -2.10. The Balaban J connectivity index is 2.06. The topological polar surface area (TPSA) is 52.6 Å². The van der Waals surface area contributed by atoms with E-state index >= 15 is 0 Å². The number of aldehydes is 1. The minimum absolute atomic E-state index is 0.0199. The van der Waals surface area contributed by atoms with E-state index in [1.165, 1.54) is 31.2 Å². The van der Waals surface area contributed by atoms with Gasteiger partial charge in [-0.3, -0.25) is 4.79 Å². The third kappa shape index (κ3) is 5.10. The molecule has 1 fully saturated rings. The molecule has 3 rings (SSSR count). The van der Waals surface area contributed by atoms with Gasteiger partial charge in [-0.05, 0) is 42.9 Å². The van der Waals surface area contributed by atoms with Gasteiger partial charge in [0.1, 0.15) is 35.8 Å². The molecule has 0 unspecified atom stereocenters. The summed E-state index contributed by atoms with van der Waals surface area (Å²) in [6.45, 7) is 13.0. The minimum atomic E-state index is -0.598. The Morgan fingerprint density at radius 2 is 2.06 bits per heavy atom. The molecule has 0 radical (unpaired) electrons. The van der Waals surface area contributed by atoms with Gasteiger partial charge >= 0.3 is 0 Å². The lowest BCUT2D eigenvalue weighted by Gasteiger charge is -2.48. The van der Waals surface area contributed by atoms with Crippen LogP contribution >= 0.6 is 0 Å². The minimum Gasteiger partial charge on any atom is -0.489 e. The summed E-state index contributed by atoms with van der Waals surface area (Å²) in [5.74, 6) is 2.01. The standard InChI is InChI=1S/C28H40O4/c1-6-8-9-10-13-27(3,4)20-17-24(31-16-7-2)26-22-19-21(30)11-12-23(22)28(5,14-15-29)32-25(26)18-20/h7,15,17-18,22-23H,2,6,8-14,16,19H2,1,3-5H3/t22-,23-,28+/m1/s1. The normalized spacial score (nSPS) is 24.8. The molecule has 176 valence electrons. The molecule has 2 aliphatic rings. The molecular formula is C28H40O4. The molecule has 1 aliphatic carbocycles. The molecule has 32 heavy (non-hydrogen) atoms. The molecule has 0 aromatic heterocycles. The number of hydrogen-bond donors (Lipinski definition) is 0. The number of carbonyl (C=O) groups excluding carboxylic acids is 2. The summed E-state index contributed by atoms with van der Waals surface area (Å²) in [5, 5.41) is 0. The highest BCUT2D eigenvalue weighted by molar-refractivity contribution is 5.81. The molecule has 4 nitrogen and oxygen atoms in total. The van der Waals surface area contributed by atoms with Crippen LogP contribution in [0.4, 0.5) is 0 Å². The number of ether oxygens (including phenoxy) is 2. The van der Waals surface area contributed by atoms with E-state index in [-0.39, 0.29) is 23.0 Å². The molecule has 0 bridgehead atoms. The lowest BCUT2D eigenvalue weighted by molar-refractivity contribution is -0.125. The van der Waals surface area contributed by atoms with Crippen LogP contribution in [0.15, 0.2) is 24.8 Å². The van der Waals surface area contributed by atoms with E-state index in [4.69, 9.17) is 9.47 Å². The lowest BCUT2D eigenvalue weighted by atomic mass is 9.64. The highest BCUT2D eigenvalue weighted by Gasteiger charge is 2.50. The van der Waals surface area contributed by atoms with Gasteiger partial charge in [-0.2, -0.15) is 0 Å². The number of fused-ring (bicyclic) bond motifs is 3. The zero-order valence-corrected chi connectivity index (χ0v) is 20.4. The third-order valence-electron chi connectivity index (χ3n) is 7.55. The van der Waals surface area contributed by atoms with Gasteiger partial charge in [-0.15, -0.1) is 0 Å². The predicted molar refractivity (Wildman–Crippen MR) is 129 cm³/mol. The van der Waals surface area contributed by atoms with Crippen molar-refractivity contribution >= 4 is 12.1 Å². The van der Waals surface area contributed by atoms with Crippen molar-refractivity contribution in [1.82, 2.24) is 0 Å². The molecule has 1 aromatic carbocycles. The van der Waals surface area contributed by atoms with Gasteiger partial charge in [-0.25, -0.2) is 0 Å². The van der Waals surface area contributed by atoms with Crippen LogP contribution in [-0.2, 0) is 15.0 Å². The number of rotatable bonds is 11. The second-order valence-corrected chi connectivity index (χ2v) is 10.5. The number of Topliss-reactive ketones (excluding diaryl/α,β-unsaturated/α-hetero) is 1. The molecule has 1 aromatic rings. The van der Waals surface area contributed by atoms with Crippen LogP contribution in [0.2, 0.25) is 0 Å². The molecule has 0 N–H and O–H groups in total. The van der Waals surface area contributed by atoms with Gasteiger partial charge < -0.3 is 14.3 Å². The summed E-state index contributed by atoms with van der Waals surface area (Å²) < 4.78 is 12.8. The highest BCUT2D eigenvalue weighted by Crippen LogP contribution is 2.55. The van der Waals surface area contributed by atoms with Crippen molar-refractivity contribution in [3.8, 4) is 11.5 Å². The van der Waals surface area contributed by atoms with E-state index in [0.717, 1.165) is 36.2 Å². The zero-order valence-electron chi connectivity index (χ0n) is 20.4. The molecule has 0 saturated heterocycles. The Labute approximate surface area is 193 Å². The SMILES string of the molecule is C=CCOc1cc(C(C)(C)CCCCCC)cc2c1[C@@H]1CC(=O)CC[C@H]1[C@](C)(CC=O)O2. The van der Waals surface area contributed by atoms with Gasteiger partial charge in [0.05, 0.1) is 0 Å². The van der Waals surface area contributed by atoms with E-state index in [9.17, 15) is 9.59 Å². The highest BCUT2D eigenvalue weighted by atomic mass is 16.5. The maximum Gasteiger partial charge on any atom is 0.133 e. The average Bonchev–Trinajstić information content (AvgIpc) is 2.74. The van der Waals surface area contributed by atoms with Crippen molar-refractivity contribution in [2.75, 3.05) is 6.61 Å². The van der Waals surface area contributed by atoms with Crippen LogP contribution < -0.4 is 9.47 Å². The molecule has 0 spiro atoms. The van der Waals surface area contributed by atoms with Crippen LogP contribution in [0.5, 0.6) is 11.5 Å². The number of ketones is 1. The summed E-state index contributed by atoms with van der Waals surface area (Å²) in [6, 6.07) is 4.30. The maximum absolute atomic E-state index is 12.5. The summed E-state index contributed by atoms with van der Waals surface area (Å²) in [4.78, 5) is 24.0. The first-order valence-corrected chi connectivity index (χ1v) is 12.3. The first kappa shape index (κ1) is 24.5. The summed E-state index contributed by atoms with van der Waals surface area (Å²) in [5.41, 5.74) is 1.55. The molecule has 1 aliphatic heterocycles. The van der Waals surface area contributed by atoms with E-state index in [1.54, 1.807) is 6.08 Å². The van der Waals surface area contributed by atoms with E-state index in [1.807, 2.05) is 6.92 Å². The molecular weight excluding hydrogens is 400 g/mol. The van der Waals surface area contributed by atoms with Crippen LogP contribution in [0, 0.1) is 5.92 Å². The number of carbonyl (C=O) groups is 2. The van der Waals surface area contributed by atoms with Crippen LogP contribution in [0.1, 0.15) is 103 Å². The predicted octanol–water partition coefficient (Wildman–Crippen LogP) is 6.69. The second-order valence-electron chi connectivity index (χ2n) is 10.5. The van der Waals surface area contributed by atoms with Crippen molar-refractivity contribution in [1.29, 1.82) is 0 Å². The fourth-order valence-electron chi connectivity index (χ4n) is 5.57. The molecule has 1 saturated carbocycles. The monoisotopic (exact) mass is 440 g/mol. The zero-order chi connectivity index (χ0) is 23.4. The number of hydrogen-bond acceptors (Lipinski definition) is 4. The van der Waals surface area contributed by atoms with Crippen molar-refractivity contribution < 1.29 is 19.1 Å². The fraction of sp³-hybridized carbons (Fsp3) is 0.643. The van der Waals surface area contributed by atoms with E-state index < -0.39 is 5.60 Å².